The lowest BCUT2D eigenvalue weighted by Gasteiger charge is -1.92. The zero-order valence-electron chi connectivity index (χ0n) is 7.73. The summed E-state index contributed by atoms with van der Waals surface area (Å²) in [5.41, 5.74) is 0.993. The van der Waals surface area contributed by atoms with Crippen LogP contribution in [0, 0.1) is 0 Å². The Morgan fingerprint density at radius 2 is 2.29 bits per heavy atom. The van der Waals surface area contributed by atoms with Gasteiger partial charge in [-0.05, 0) is 19.1 Å². The van der Waals surface area contributed by atoms with E-state index in [0.29, 0.717) is 5.92 Å². The molecular formula is C9H9N3S2. The number of fused-ring (bicyclic) bond motifs is 1. The van der Waals surface area contributed by atoms with Gasteiger partial charge in [0.05, 0.1) is 5.01 Å². The third kappa shape index (κ3) is 1.31. The first-order valence-corrected chi connectivity index (χ1v) is 6.58. The molecule has 0 N–H and O–H groups in total. The third-order valence-electron chi connectivity index (χ3n) is 2.30. The molecule has 2 aromatic rings. The van der Waals surface area contributed by atoms with Gasteiger partial charge >= 0.3 is 0 Å². The zero-order valence-corrected chi connectivity index (χ0v) is 9.36. The van der Waals surface area contributed by atoms with Crippen LogP contribution in [0.25, 0.3) is 10.3 Å². The molecule has 3 nitrogen and oxygen atoms in total. The topological polar surface area (TPSA) is 38.7 Å². The lowest BCUT2D eigenvalue weighted by molar-refractivity contribution is 1.06. The molecule has 1 aliphatic carbocycles. The van der Waals surface area contributed by atoms with Gasteiger partial charge in [0.15, 0.2) is 0 Å². The van der Waals surface area contributed by atoms with Gasteiger partial charge in [0.25, 0.3) is 0 Å². The summed E-state index contributed by atoms with van der Waals surface area (Å²) >= 11 is 3.36. The van der Waals surface area contributed by atoms with Gasteiger partial charge in [0, 0.05) is 5.92 Å². The largest absolute Gasteiger partial charge is 0.236 e. The standard InChI is InChI=1S/C9H9N3S2/c1-13-8-6-9(11-4-10-8)14-7(12-6)5-2-3-5/h4-5H,2-3H2,1H3. The van der Waals surface area contributed by atoms with Crippen molar-refractivity contribution in [1.82, 2.24) is 15.0 Å². The predicted molar refractivity (Wildman–Crippen MR) is 59.0 cm³/mol. The zero-order chi connectivity index (χ0) is 9.54. The van der Waals surface area contributed by atoms with Crippen molar-refractivity contribution < 1.29 is 0 Å². The average Bonchev–Trinajstić information content (AvgIpc) is 2.97. The highest BCUT2D eigenvalue weighted by Gasteiger charge is 2.27. The molecule has 0 spiro atoms. The fraction of sp³-hybridized carbons (Fsp3) is 0.444. The van der Waals surface area contributed by atoms with Crippen molar-refractivity contribution in [3.8, 4) is 0 Å². The fourth-order valence-electron chi connectivity index (χ4n) is 1.40. The van der Waals surface area contributed by atoms with Gasteiger partial charge in [0.1, 0.15) is 21.7 Å². The highest BCUT2D eigenvalue weighted by molar-refractivity contribution is 7.98. The smallest absolute Gasteiger partial charge is 0.148 e. The second-order valence-corrected chi connectivity index (χ2v) is 5.17. The molecule has 0 bridgehead atoms. The van der Waals surface area contributed by atoms with Crippen molar-refractivity contribution in [2.24, 2.45) is 0 Å². The molecule has 2 heterocycles. The minimum Gasteiger partial charge on any atom is -0.236 e. The molecular weight excluding hydrogens is 214 g/mol. The van der Waals surface area contributed by atoms with Crippen LogP contribution < -0.4 is 0 Å². The fourth-order valence-corrected chi connectivity index (χ4v) is 3.03. The summed E-state index contributed by atoms with van der Waals surface area (Å²) in [4.78, 5) is 14.1. The van der Waals surface area contributed by atoms with Crippen molar-refractivity contribution in [2.75, 3.05) is 6.26 Å². The quantitative estimate of drug-likeness (QED) is 0.579. The Hall–Kier alpha value is -0.680. The summed E-state index contributed by atoms with van der Waals surface area (Å²) in [7, 11) is 0. The molecule has 2 aromatic heterocycles. The second kappa shape index (κ2) is 3.17. The molecule has 1 saturated carbocycles. The van der Waals surface area contributed by atoms with Gasteiger partial charge in [-0.3, -0.25) is 0 Å². The van der Waals surface area contributed by atoms with Crippen molar-refractivity contribution in [2.45, 2.75) is 23.8 Å². The first-order valence-electron chi connectivity index (χ1n) is 4.54. The van der Waals surface area contributed by atoms with Crippen LogP contribution in [0.5, 0.6) is 0 Å². The van der Waals surface area contributed by atoms with Crippen molar-refractivity contribution in [3.05, 3.63) is 11.3 Å². The molecule has 0 amide bonds. The minimum absolute atomic E-state index is 0.712. The minimum atomic E-state index is 0.712. The van der Waals surface area contributed by atoms with Crippen LogP contribution in [0.2, 0.25) is 0 Å². The normalized spacial score (nSPS) is 16.4. The van der Waals surface area contributed by atoms with Gasteiger partial charge < -0.3 is 0 Å². The van der Waals surface area contributed by atoms with E-state index in [9.17, 15) is 0 Å². The molecule has 3 rings (SSSR count). The maximum Gasteiger partial charge on any atom is 0.148 e. The molecule has 14 heavy (non-hydrogen) atoms. The average molecular weight is 223 g/mol. The predicted octanol–water partition coefficient (Wildman–Crippen LogP) is 2.69. The molecule has 0 radical (unpaired) electrons. The Morgan fingerprint density at radius 3 is 3.00 bits per heavy atom. The summed E-state index contributed by atoms with van der Waals surface area (Å²) in [6, 6.07) is 0. The number of thioether (sulfide) groups is 1. The van der Waals surface area contributed by atoms with E-state index < -0.39 is 0 Å². The molecule has 0 aromatic carbocycles. The Bertz CT molecular complexity index is 476. The number of rotatable bonds is 2. The molecule has 72 valence electrons. The molecule has 0 saturated heterocycles. The van der Waals surface area contributed by atoms with E-state index in [1.165, 1.54) is 17.8 Å². The van der Waals surface area contributed by atoms with Crippen molar-refractivity contribution in [3.63, 3.8) is 0 Å². The highest BCUT2D eigenvalue weighted by Crippen LogP contribution is 2.43. The summed E-state index contributed by atoms with van der Waals surface area (Å²) in [5.74, 6) is 0.712. The van der Waals surface area contributed by atoms with Crippen LogP contribution in [0.1, 0.15) is 23.8 Å². The molecule has 0 aliphatic heterocycles. The Labute approximate surface area is 90.0 Å². The highest BCUT2D eigenvalue weighted by atomic mass is 32.2. The Morgan fingerprint density at radius 1 is 1.43 bits per heavy atom. The Balaban J connectivity index is 2.20. The van der Waals surface area contributed by atoms with Crippen LogP contribution in [0.3, 0.4) is 0 Å². The molecule has 5 heteroatoms. The Kier molecular flexibility index (Phi) is 1.95. The van der Waals surface area contributed by atoms with Gasteiger partial charge in [0.2, 0.25) is 0 Å². The van der Waals surface area contributed by atoms with Crippen molar-refractivity contribution >= 4 is 33.4 Å². The number of hydrogen-bond acceptors (Lipinski definition) is 5. The van der Waals surface area contributed by atoms with Crippen LogP contribution in [-0.2, 0) is 0 Å². The van der Waals surface area contributed by atoms with Crippen LogP contribution in [0.4, 0.5) is 0 Å². The summed E-state index contributed by atoms with van der Waals surface area (Å²) in [6.45, 7) is 0. The lowest BCUT2D eigenvalue weighted by atomic mass is 10.4. The second-order valence-electron chi connectivity index (χ2n) is 3.36. The lowest BCUT2D eigenvalue weighted by Crippen LogP contribution is -1.83. The number of thiazole rings is 1. The SMILES string of the molecule is CSc1ncnc2sc(C3CC3)nc12. The maximum atomic E-state index is 4.62. The monoisotopic (exact) mass is 223 g/mol. The molecule has 1 fully saturated rings. The van der Waals surface area contributed by atoms with E-state index in [1.54, 1.807) is 29.4 Å². The molecule has 0 unspecified atom stereocenters. The van der Waals surface area contributed by atoms with E-state index in [1.807, 2.05) is 6.26 Å². The van der Waals surface area contributed by atoms with Gasteiger partial charge in [-0.2, -0.15) is 0 Å². The third-order valence-corrected chi connectivity index (χ3v) is 4.11. The van der Waals surface area contributed by atoms with Crippen LogP contribution >= 0.6 is 23.1 Å². The van der Waals surface area contributed by atoms with Crippen molar-refractivity contribution in [1.29, 1.82) is 0 Å². The van der Waals surface area contributed by atoms with Gasteiger partial charge in [-0.1, -0.05) is 11.3 Å². The van der Waals surface area contributed by atoms with Crippen LogP contribution in [0.15, 0.2) is 11.4 Å². The maximum absolute atomic E-state index is 4.62. The number of hydrogen-bond donors (Lipinski definition) is 0. The number of aromatic nitrogens is 3. The first kappa shape index (κ1) is 8.61. The van der Waals surface area contributed by atoms with E-state index in [4.69, 9.17) is 0 Å². The first-order chi connectivity index (χ1) is 6.88. The number of nitrogens with zero attached hydrogens (tertiary/aromatic N) is 3. The summed E-state index contributed by atoms with van der Waals surface area (Å²) in [6.07, 6.45) is 6.24. The van der Waals surface area contributed by atoms with E-state index in [0.717, 1.165) is 15.4 Å². The molecule has 0 atom stereocenters. The van der Waals surface area contributed by atoms with E-state index in [2.05, 4.69) is 15.0 Å². The molecule has 1 aliphatic rings. The van der Waals surface area contributed by atoms with Gasteiger partial charge in [-0.25, -0.2) is 15.0 Å². The van der Waals surface area contributed by atoms with Gasteiger partial charge in [-0.15, -0.1) is 11.8 Å². The summed E-state index contributed by atoms with van der Waals surface area (Å²) in [5, 5.41) is 2.24. The van der Waals surface area contributed by atoms with E-state index in [-0.39, 0.29) is 0 Å². The van der Waals surface area contributed by atoms with Crippen LogP contribution in [-0.4, -0.2) is 21.2 Å². The van der Waals surface area contributed by atoms with E-state index >= 15 is 0 Å². The summed E-state index contributed by atoms with van der Waals surface area (Å²) < 4.78 is 0.